The molecule has 1 aromatic heterocycles. The second-order valence-electron chi connectivity index (χ2n) is 8.46. The van der Waals surface area contributed by atoms with Crippen molar-refractivity contribution in [3.63, 3.8) is 0 Å². The predicted molar refractivity (Wildman–Crippen MR) is 102 cm³/mol. The van der Waals surface area contributed by atoms with Gasteiger partial charge in [0.05, 0.1) is 17.0 Å². The molecule has 1 N–H and O–H groups in total. The van der Waals surface area contributed by atoms with Crippen LogP contribution in [0, 0.1) is 11.3 Å². The van der Waals surface area contributed by atoms with Crippen molar-refractivity contribution in [1.82, 2.24) is 14.5 Å². The zero-order valence-corrected chi connectivity index (χ0v) is 15.8. The van der Waals surface area contributed by atoms with Crippen molar-refractivity contribution in [3.05, 3.63) is 30.1 Å². The molecular formula is C21H25N3O4. The van der Waals surface area contributed by atoms with Gasteiger partial charge in [-0.25, -0.2) is 4.98 Å². The lowest BCUT2D eigenvalue weighted by molar-refractivity contribution is -0.146. The highest BCUT2D eigenvalue weighted by molar-refractivity contribution is 5.82. The minimum atomic E-state index is -0.802. The summed E-state index contributed by atoms with van der Waals surface area (Å²) in [7, 11) is 0. The number of para-hydroxylation sites is 2. The van der Waals surface area contributed by atoms with E-state index in [4.69, 9.17) is 9.72 Å². The molecule has 148 valence electrons. The molecule has 1 saturated carbocycles. The van der Waals surface area contributed by atoms with E-state index in [-0.39, 0.29) is 17.9 Å². The van der Waals surface area contributed by atoms with Crippen molar-refractivity contribution < 1.29 is 19.4 Å². The van der Waals surface area contributed by atoms with Crippen LogP contribution < -0.4 is 0 Å². The maximum Gasteiger partial charge on any atom is 0.308 e. The van der Waals surface area contributed by atoms with Crippen LogP contribution in [0.15, 0.2) is 24.3 Å². The Morgan fingerprint density at radius 1 is 1.21 bits per heavy atom. The number of carbonyl (C=O) groups is 2. The van der Waals surface area contributed by atoms with E-state index >= 15 is 0 Å². The van der Waals surface area contributed by atoms with E-state index in [1.165, 1.54) is 0 Å². The minimum Gasteiger partial charge on any atom is -0.481 e. The third kappa shape index (κ3) is 2.89. The molecule has 1 unspecified atom stereocenters. The van der Waals surface area contributed by atoms with Crippen molar-refractivity contribution in [2.24, 2.45) is 11.3 Å². The molecular weight excluding hydrogens is 358 g/mol. The standard InChI is InChI=1S/C21H25N3O4/c25-18(23-11-15(20(26)27)21(13-23)7-9-28-10-8-21)12-24-17-4-2-1-3-16(17)22-19(24)14-5-6-14/h1-4,14-15H,5-13H2,(H,26,27). The Balaban J connectivity index is 1.41. The van der Waals surface area contributed by atoms with E-state index in [1.54, 1.807) is 4.90 Å². The summed E-state index contributed by atoms with van der Waals surface area (Å²) in [4.78, 5) is 31.6. The number of benzene rings is 1. The monoisotopic (exact) mass is 383 g/mol. The van der Waals surface area contributed by atoms with Gasteiger partial charge in [-0.15, -0.1) is 0 Å². The number of amides is 1. The fraction of sp³-hybridized carbons (Fsp3) is 0.571. The first-order chi connectivity index (χ1) is 13.6. The Bertz CT molecular complexity index is 927. The summed E-state index contributed by atoms with van der Waals surface area (Å²) < 4.78 is 7.50. The second-order valence-corrected chi connectivity index (χ2v) is 8.46. The first-order valence-electron chi connectivity index (χ1n) is 10.1. The SMILES string of the molecule is O=C(O)C1CN(C(=O)Cn2c(C3CC3)nc3ccccc32)CC12CCOCC2. The van der Waals surface area contributed by atoms with E-state index in [2.05, 4.69) is 0 Å². The zero-order valence-electron chi connectivity index (χ0n) is 15.8. The third-order valence-corrected chi connectivity index (χ3v) is 6.71. The van der Waals surface area contributed by atoms with Gasteiger partial charge in [-0.1, -0.05) is 12.1 Å². The first-order valence-corrected chi connectivity index (χ1v) is 10.1. The molecule has 7 heteroatoms. The van der Waals surface area contributed by atoms with Gasteiger partial charge in [0.25, 0.3) is 0 Å². The Hall–Kier alpha value is -2.41. The summed E-state index contributed by atoms with van der Waals surface area (Å²) in [6.07, 6.45) is 3.64. The van der Waals surface area contributed by atoms with Gasteiger partial charge in [0.15, 0.2) is 0 Å². The Morgan fingerprint density at radius 3 is 2.68 bits per heavy atom. The van der Waals surface area contributed by atoms with Crippen LogP contribution in [-0.4, -0.2) is 57.7 Å². The molecule has 0 radical (unpaired) electrons. The lowest BCUT2D eigenvalue weighted by Gasteiger charge is -2.36. The van der Waals surface area contributed by atoms with E-state index in [1.807, 2.05) is 28.8 Å². The molecule has 1 aromatic carbocycles. The minimum absolute atomic E-state index is 0.0142. The van der Waals surface area contributed by atoms with Gasteiger partial charge >= 0.3 is 5.97 Å². The van der Waals surface area contributed by atoms with Crippen LogP contribution in [0.4, 0.5) is 0 Å². The van der Waals surface area contributed by atoms with Crippen LogP contribution in [0.1, 0.15) is 37.4 Å². The number of imidazole rings is 1. The van der Waals surface area contributed by atoms with Crippen LogP contribution in [0.25, 0.3) is 11.0 Å². The van der Waals surface area contributed by atoms with Gasteiger partial charge in [0.2, 0.25) is 5.91 Å². The predicted octanol–water partition coefficient (Wildman–Crippen LogP) is 2.25. The Labute approximate surface area is 163 Å². The zero-order chi connectivity index (χ0) is 19.3. The molecule has 2 aliphatic heterocycles. The lowest BCUT2D eigenvalue weighted by atomic mass is 9.72. The molecule has 28 heavy (non-hydrogen) atoms. The van der Waals surface area contributed by atoms with Crippen molar-refractivity contribution >= 4 is 22.9 Å². The van der Waals surface area contributed by atoms with Crippen molar-refractivity contribution in [1.29, 1.82) is 0 Å². The van der Waals surface area contributed by atoms with E-state index in [9.17, 15) is 14.7 Å². The van der Waals surface area contributed by atoms with Crippen molar-refractivity contribution in [2.75, 3.05) is 26.3 Å². The highest BCUT2D eigenvalue weighted by Crippen LogP contribution is 2.45. The van der Waals surface area contributed by atoms with Gasteiger partial charge in [-0.05, 0) is 37.8 Å². The number of fused-ring (bicyclic) bond motifs is 1. The summed E-state index contributed by atoms with van der Waals surface area (Å²) in [6, 6.07) is 7.92. The fourth-order valence-electron chi connectivity index (χ4n) is 4.93. The normalized spacial score (nSPS) is 24.1. The average Bonchev–Trinajstić information content (AvgIpc) is 3.39. The fourth-order valence-corrected chi connectivity index (χ4v) is 4.93. The van der Waals surface area contributed by atoms with Gasteiger partial charge < -0.3 is 19.3 Å². The molecule has 2 aromatic rings. The number of aliphatic carboxylic acids is 1. The van der Waals surface area contributed by atoms with E-state index < -0.39 is 11.9 Å². The summed E-state index contributed by atoms with van der Waals surface area (Å²) in [6.45, 7) is 2.18. The summed E-state index contributed by atoms with van der Waals surface area (Å²) >= 11 is 0. The van der Waals surface area contributed by atoms with Gasteiger partial charge in [-0.2, -0.15) is 0 Å². The molecule has 1 spiro atoms. The Kier molecular flexibility index (Phi) is 4.16. The van der Waals surface area contributed by atoms with Crippen LogP contribution in [0.3, 0.4) is 0 Å². The number of nitrogens with zero attached hydrogens (tertiary/aromatic N) is 3. The number of aromatic nitrogens is 2. The van der Waals surface area contributed by atoms with Crippen LogP contribution in [-0.2, 0) is 20.9 Å². The molecule has 0 bridgehead atoms. The van der Waals surface area contributed by atoms with Gasteiger partial charge in [0, 0.05) is 37.6 Å². The number of carboxylic acid groups (broad SMARTS) is 1. The maximum absolute atomic E-state index is 13.2. The molecule has 1 aliphatic carbocycles. The number of ether oxygens (including phenoxy) is 1. The van der Waals surface area contributed by atoms with Crippen LogP contribution >= 0.6 is 0 Å². The molecule has 1 atom stereocenters. The Morgan fingerprint density at radius 2 is 1.96 bits per heavy atom. The maximum atomic E-state index is 13.2. The third-order valence-electron chi connectivity index (χ3n) is 6.71. The first kappa shape index (κ1) is 17.7. The van der Waals surface area contributed by atoms with Gasteiger partial charge in [0.1, 0.15) is 12.4 Å². The highest BCUT2D eigenvalue weighted by atomic mass is 16.5. The number of rotatable bonds is 4. The largest absolute Gasteiger partial charge is 0.481 e. The lowest BCUT2D eigenvalue weighted by Crippen LogP contribution is -2.40. The molecule has 5 rings (SSSR count). The topological polar surface area (TPSA) is 84.7 Å². The molecule has 7 nitrogen and oxygen atoms in total. The number of hydrogen-bond acceptors (Lipinski definition) is 4. The van der Waals surface area contributed by atoms with Crippen molar-refractivity contribution in [2.45, 2.75) is 38.1 Å². The number of likely N-dealkylation sites (tertiary alicyclic amines) is 1. The smallest absolute Gasteiger partial charge is 0.308 e. The van der Waals surface area contributed by atoms with Crippen LogP contribution in [0.2, 0.25) is 0 Å². The van der Waals surface area contributed by atoms with Crippen molar-refractivity contribution in [3.8, 4) is 0 Å². The molecule has 2 saturated heterocycles. The summed E-state index contributed by atoms with van der Waals surface area (Å²) in [5.74, 6) is 0.100. The highest BCUT2D eigenvalue weighted by Gasteiger charge is 2.52. The molecule has 3 heterocycles. The van der Waals surface area contributed by atoms with Crippen LogP contribution in [0.5, 0.6) is 0 Å². The summed E-state index contributed by atoms with van der Waals surface area (Å²) in [5.41, 5.74) is 1.55. The number of hydrogen-bond donors (Lipinski definition) is 1. The van der Waals surface area contributed by atoms with Gasteiger partial charge in [-0.3, -0.25) is 9.59 Å². The molecule has 3 fully saturated rings. The second kappa shape index (κ2) is 6.58. The molecule has 1 amide bonds. The number of carboxylic acids is 1. The average molecular weight is 383 g/mol. The molecule has 3 aliphatic rings. The number of carbonyl (C=O) groups excluding carboxylic acids is 1. The van der Waals surface area contributed by atoms with E-state index in [0.29, 0.717) is 45.1 Å². The van der Waals surface area contributed by atoms with E-state index in [0.717, 1.165) is 29.7 Å². The summed E-state index contributed by atoms with van der Waals surface area (Å²) in [5, 5.41) is 9.76. The quantitative estimate of drug-likeness (QED) is 0.875.